The van der Waals surface area contributed by atoms with Crippen molar-refractivity contribution in [1.29, 1.82) is 0 Å². The average molecular weight is 191 g/mol. The maximum atomic E-state index is 12.3. The predicted molar refractivity (Wildman–Crippen MR) is 38.9 cm³/mol. The first kappa shape index (κ1) is 8.55. The molecular weight excluding hydrogens is 183 g/mol. The Balaban J connectivity index is 2.43. The molecule has 6 heteroatoms. The fraction of sp³-hybridized carbons (Fsp3) is 0.571. The van der Waals surface area contributed by atoms with Crippen molar-refractivity contribution in [3.8, 4) is 0 Å². The molecule has 0 unspecified atom stereocenters. The van der Waals surface area contributed by atoms with Crippen LogP contribution < -0.4 is 5.32 Å². The highest BCUT2D eigenvalue weighted by Gasteiger charge is 2.36. The van der Waals surface area contributed by atoms with Gasteiger partial charge in [0.05, 0.1) is 12.7 Å². The van der Waals surface area contributed by atoms with Crippen LogP contribution in [0.4, 0.5) is 13.2 Å². The maximum absolute atomic E-state index is 12.3. The Hall–Kier alpha value is -1.04. The third kappa shape index (κ3) is 1.41. The second kappa shape index (κ2) is 2.73. The number of alkyl halides is 3. The minimum absolute atomic E-state index is 0.337. The number of aromatic nitrogens is 2. The first-order valence-electron chi connectivity index (χ1n) is 3.91. The van der Waals surface area contributed by atoms with E-state index in [1.807, 2.05) is 0 Å². The average Bonchev–Trinajstić information content (AvgIpc) is 2.45. The minimum Gasteiger partial charge on any atom is -0.322 e. The first-order chi connectivity index (χ1) is 6.09. The zero-order valence-corrected chi connectivity index (χ0v) is 6.73. The van der Waals surface area contributed by atoms with Crippen molar-refractivity contribution in [2.45, 2.75) is 19.3 Å². The van der Waals surface area contributed by atoms with Crippen molar-refractivity contribution in [2.75, 3.05) is 6.54 Å². The van der Waals surface area contributed by atoms with E-state index in [0.717, 1.165) is 6.20 Å². The number of rotatable bonds is 0. The van der Waals surface area contributed by atoms with Crippen LogP contribution in [-0.2, 0) is 19.3 Å². The molecule has 1 aromatic heterocycles. The van der Waals surface area contributed by atoms with Crippen molar-refractivity contribution in [2.24, 2.45) is 0 Å². The SMILES string of the molecule is FC(F)(F)c1cnc2n1CCNC2. The van der Waals surface area contributed by atoms with Gasteiger partial charge in [-0.2, -0.15) is 13.2 Å². The summed E-state index contributed by atoms with van der Waals surface area (Å²) in [5.74, 6) is 0.457. The fourth-order valence-electron chi connectivity index (χ4n) is 1.42. The number of hydrogen-bond donors (Lipinski definition) is 1. The summed E-state index contributed by atoms with van der Waals surface area (Å²) in [6.07, 6.45) is -3.40. The van der Waals surface area contributed by atoms with Crippen LogP contribution in [0.25, 0.3) is 0 Å². The van der Waals surface area contributed by atoms with Gasteiger partial charge in [-0.3, -0.25) is 0 Å². The molecule has 1 aliphatic rings. The van der Waals surface area contributed by atoms with E-state index in [9.17, 15) is 13.2 Å². The zero-order valence-electron chi connectivity index (χ0n) is 6.73. The Kier molecular flexibility index (Phi) is 1.80. The van der Waals surface area contributed by atoms with Gasteiger partial charge in [0, 0.05) is 13.1 Å². The van der Waals surface area contributed by atoms with E-state index in [-0.39, 0.29) is 0 Å². The fourth-order valence-corrected chi connectivity index (χ4v) is 1.42. The summed E-state index contributed by atoms with van der Waals surface area (Å²) in [7, 11) is 0. The summed E-state index contributed by atoms with van der Waals surface area (Å²) in [5, 5.41) is 2.96. The third-order valence-corrected chi connectivity index (χ3v) is 2.02. The Morgan fingerprint density at radius 1 is 1.46 bits per heavy atom. The highest BCUT2D eigenvalue weighted by atomic mass is 19.4. The second-order valence-electron chi connectivity index (χ2n) is 2.89. The van der Waals surface area contributed by atoms with Crippen molar-refractivity contribution >= 4 is 0 Å². The number of fused-ring (bicyclic) bond motifs is 1. The van der Waals surface area contributed by atoms with Gasteiger partial charge in [-0.05, 0) is 0 Å². The molecule has 0 bridgehead atoms. The molecule has 0 saturated heterocycles. The summed E-state index contributed by atoms with van der Waals surface area (Å²) in [6, 6.07) is 0. The molecule has 0 aliphatic carbocycles. The maximum Gasteiger partial charge on any atom is 0.433 e. The number of nitrogens with zero attached hydrogens (tertiary/aromatic N) is 2. The lowest BCUT2D eigenvalue weighted by Gasteiger charge is -2.18. The minimum atomic E-state index is -4.29. The van der Waals surface area contributed by atoms with Crippen LogP contribution in [0.5, 0.6) is 0 Å². The normalized spacial score (nSPS) is 17.2. The molecule has 2 rings (SSSR count). The lowest BCUT2D eigenvalue weighted by Crippen LogP contribution is -2.30. The summed E-state index contributed by atoms with van der Waals surface area (Å²) in [4.78, 5) is 3.70. The van der Waals surface area contributed by atoms with Gasteiger partial charge < -0.3 is 9.88 Å². The molecule has 2 heterocycles. The van der Waals surface area contributed by atoms with Crippen molar-refractivity contribution in [1.82, 2.24) is 14.9 Å². The smallest absolute Gasteiger partial charge is 0.322 e. The van der Waals surface area contributed by atoms with Crippen LogP contribution >= 0.6 is 0 Å². The molecule has 0 spiro atoms. The van der Waals surface area contributed by atoms with E-state index >= 15 is 0 Å². The Morgan fingerprint density at radius 2 is 2.23 bits per heavy atom. The monoisotopic (exact) mass is 191 g/mol. The van der Waals surface area contributed by atoms with Gasteiger partial charge in [0.15, 0.2) is 0 Å². The molecule has 13 heavy (non-hydrogen) atoms. The van der Waals surface area contributed by atoms with Gasteiger partial charge >= 0.3 is 6.18 Å². The number of nitrogens with one attached hydrogen (secondary N) is 1. The molecule has 0 radical (unpaired) electrons. The van der Waals surface area contributed by atoms with Gasteiger partial charge in [0.1, 0.15) is 11.5 Å². The number of imidazole rings is 1. The second-order valence-corrected chi connectivity index (χ2v) is 2.89. The van der Waals surface area contributed by atoms with E-state index < -0.39 is 11.9 Å². The topological polar surface area (TPSA) is 29.9 Å². The van der Waals surface area contributed by atoms with Crippen LogP contribution in [0.15, 0.2) is 6.20 Å². The Bertz CT molecular complexity index is 315. The molecule has 0 amide bonds. The van der Waals surface area contributed by atoms with Crippen molar-refractivity contribution in [3.63, 3.8) is 0 Å². The first-order valence-corrected chi connectivity index (χ1v) is 3.91. The summed E-state index contributed by atoms with van der Waals surface area (Å²) >= 11 is 0. The van der Waals surface area contributed by atoms with Gasteiger partial charge in [0.25, 0.3) is 0 Å². The van der Waals surface area contributed by atoms with Crippen LogP contribution in [-0.4, -0.2) is 16.1 Å². The predicted octanol–water partition coefficient (Wildman–Crippen LogP) is 1.01. The standard InChI is InChI=1S/C7H8F3N3/c8-7(9,10)5-3-12-6-4-11-1-2-13(5)6/h3,11H,1-2,4H2. The lowest BCUT2D eigenvalue weighted by atomic mass is 10.4. The van der Waals surface area contributed by atoms with Gasteiger partial charge in [-0.25, -0.2) is 4.98 Å². The molecule has 1 aliphatic heterocycles. The summed E-state index contributed by atoms with van der Waals surface area (Å²) in [6.45, 7) is 1.31. The van der Waals surface area contributed by atoms with E-state index in [0.29, 0.717) is 25.5 Å². The van der Waals surface area contributed by atoms with E-state index in [1.165, 1.54) is 4.57 Å². The molecule has 1 N–H and O–H groups in total. The third-order valence-electron chi connectivity index (χ3n) is 2.02. The molecule has 0 saturated carbocycles. The Morgan fingerprint density at radius 3 is 2.92 bits per heavy atom. The van der Waals surface area contributed by atoms with Crippen LogP contribution in [0.1, 0.15) is 11.5 Å². The molecule has 72 valence electrons. The van der Waals surface area contributed by atoms with Crippen molar-refractivity contribution < 1.29 is 13.2 Å². The largest absolute Gasteiger partial charge is 0.433 e. The van der Waals surface area contributed by atoms with Crippen LogP contribution in [0.2, 0.25) is 0 Å². The quantitative estimate of drug-likeness (QED) is 0.663. The Labute approximate surface area is 72.6 Å². The van der Waals surface area contributed by atoms with Gasteiger partial charge in [-0.15, -0.1) is 0 Å². The van der Waals surface area contributed by atoms with Crippen molar-refractivity contribution in [3.05, 3.63) is 17.7 Å². The number of halogens is 3. The summed E-state index contributed by atoms with van der Waals surface area (Å²) < 4.78 is 38.2. The summed E-state index contributed by atoms with van der Waals surface area (Å²) in [5.41, 5.74) is -0.649. The molecular formula is C7H8F3N3. The lowest BCUT2D eigenvalue weighted by molar-refractivity contribution is -0.143. The number of hydrogen-bond acceptors (Lipinski definition) is 2. The van der Waals surface area contributed by atoms with E-state index in [4.69, 9.17) is 0 Å². The van der Waals surface area contributed by atoms with Crippen LogP contribution in [0.3, 0.4) is 0 Å². The highest BCUT2D eigenvalue weighted by molar-refractivity contribution is 5.10. The van der Waals surface area contributed by atoms with Gasteiger partial charge in [-0.1, -0.05) is 0 Å². The molecule has 3 nitrogen and oxygen atoms in total. The molecule has 0 atom stereocenters. The van der Waals surface area contributed by atoms with E-state index in [2.05, 4.69) is 10.3 Å². The van der Waals surface area contributed by atoms with Crippen LogP contribution in [0, 0.1) is 0 Å². The molecule has 1 aromatic rings. The molecule has 0 aromatic carbocycles. The highest BCUT2D eigenvalue weighted by Crippen LogP contribution is 2.30. The van der Waals surface area contributed by atoms with Gasteiger partial charge in [0.2, 0.25) is 0 Å². The molecule has 0 fully saturated rings. The zero-order chi connectivity index (χ0) is 9.47. The van der Waals surface area contributed by atoms with E-state index in [1.54, 1.807) is 0 Å².